The molecule has 0 fully saturated rings. The number of para-hydroxylation sites is 1. The number of aliphatic hydroxyl groups is 1. The van der Waals surface area contributed by atoms with Crippen LogP contribution in [-0.4, -0.2) is 47.1 Å². The highest BCUT2D eigenvalue weighted by Crippen LogP contribution is 2.14. The number of rotatable bonds is 6. The van der Waals surface area contributed by atoms with Crippen molar-refractivity contribution in [2.24, 2.45) is 5.73 Å². The molecule has 0 aliphatic heterocycles. The Morgan fingerprint density at radius 1 is 1.53 bits per heavy atom. The first-order valence-corrected chi connectivity index (χ1v) is 6.36. The van der Waals surface area contributed by atoms with Gasteiger partial charge in [0, 0.05) is 11.6 Å². The van der Waals surface area contributed by atoms with Gasteiger partial charge in [-0.05, 0) is 26.1 Å². The van der Waals surface area contributed by atoms with Crippen molar-refractivity contribution in [3.8, 4) is 0 Å². The summed E-state index contributed by atoms with van der Waals surface area (Å²) >= 11 is 4.93. The van der Waals surface area contributed by atoms with Crippen LogP contribution < -0.4 is 11.1 Å². The van der Waals surface area contributed by atoms with Crippen molar-refractivity contribution in [2.45, 2.75) is 13.0 Å². The third-order valence-electron chi connectivity index (χ3n) is 2.88. The maximum Gasteiger partial charge on any atom is 0.238 e. The number of hydrogen-bond acceptors (Lipinski definition) is 4. The SMILES string of the molecule is CC(CO)N(C)CC(=O)Nc1ccccc1C(N)=S. The van der Waals surface area contributed by atoms with Crippen LogP contribution in [-0.2, 0) is 4.79 Å². The van der Waals surface area contributed by atoms with Crippen LogP contribution in [0.3, 0.4) is 0 Å². The second kappa shape index (κ2) is 7.18. The average Bonchev–Trinajstić information content (AvgIpc) is 2.37. The molecule has 1 unspecified atom stereocenters. The third-order valence-corrected chi connectivity index (χ3v) is 3.10. The molecule has 1 rings (SSSR count). The number of carbonyl (C=O) groups excluding carboxylic acids is 1. The van der Waals surface area contributed by atoms with E-state index >= 15 is 0 Å². The summed E-state index contributed by atoms with van der Waals surface area (Å²) in [4.78, 5) is 13.9. The van der Waals surface area contributed by atoms with E-state index in [1.807, 2.05) is 13.0 Å². The maximum atomic E-state index is 11.9. The Balaban J connectivity index is 2.70. The minimum atomic E-state index is -0.175. The summed E-state index contributed by atoms with van der Waals surface area (Å²) in [5.74, 6) is -0.175. The molecule has 0 saturated carbocycles. The first-order valence-electron chi connectivity index (χ1n) is 5.95. The molecular formula is C13H19N3O2S. The van der Waals surface area contributed by atoms with E-state index in [9.17, 15) is 4.79 Å². The van der Waals surface area contributed by atoms with Crippen LogP contribution in [0.25, 0.3) is 0 Å². The number of anilines is 1. The highest BCUT2D eigenvalue weighted by molar-refractivity contribution is 7.80. The van der Waals surface area contributed by atoms with Crippen molar-refractivity contribution in [1.82, 2.24) is 4.90 Å². The molecule has 19 heavy (non-hydrogen) atoms. The second-order valence-electron chi connectivity index (χ2n) is 4.40. The first-order chi connectivity index (χ1) is 8.95. The molecule has 0 saturated heterocycles. The van der Waals surface area contributed by atoms with Crippen molar-refractivity contribution >= 4 is 28.8 Å². The highest BCUT2D eigenvalue weighted by Gasteiger charge is 2.13. The number of nitrogens with zero attached hydrogens (tertiary/aromatic N) is 1. The lowest BCUT2D eigenvalue weighted by Gasteiger charge is -2.22. The first kappa shape index (κ1) is 15.6. The number of nitrogens with two attached hydrogens (primary N) is 1. The van der Waals surface area contributed by atoms with Crippen molar-refractivity contribution in [1.29, 1.82) is 0 Å². The van der Waals surface area contributed by atoms with Crippen LogP contribution in [0.2, 0.25) is 0 Å². The number of benzene rings is 1. The van der Waals surface area contributed by atoms with Crippen LogP contribution in [0.1, 0.15) is 12.5 Å². The molecule has 4 N–H and O–H groups in total. The average molecular weight is 281 g/mol. The number of thiocarbonyl (C=S) groups is 1. The van der Waals surface area contributed by atoms with Gasteiger partial charge in [-0.15, -0.1) is 0 Å². The van der Waals surface area contributed by atoms with Crippen molar-refractivity contribution in [2.75, 3.05) is 25.5 Å². The standard InChI is InChI=1S/C13H19N3O2S/c1-9(8-17)16(2)7-12(18)15-11-6-4-3-5-10(11)13(14)19/h3-6,9,17H,7-8H2,1-2H3,(H2,14,19)(H,15,18). The predicted octanol–water partition coefficient (Wildman–Crippen LogP) is 0.572. The largest absolute Gasteiger partial charge is 0.395 e. The van der Waals surface area contributed by atoms with Gasteiger partial charge in [-0.1, -0.05) is 24.4 Å². The molecule has 6 heteroatoms. The van der Waals surface area contributed by atoms with E-state index in [4.69, 9.17) is 23.1 Å². The summed E-state index contributed by atoms with van der Waals surface area (Å²) in [6, 6.07) is 7.05. The lowest BCUT2D eigenvalue weighted by Crippen LogP contribution is -2.38. The molecule has 0 heterocycles. The Hall–Kier alpha value is -1.50. The molecular weight excluding hydrogens is 262 g/mol. The Labute approximate surface area is 118 Å². The topological polar surface area (TPSA) is 78.6 Å². The van der Waals surface area contributed by atoms with E-state index in [1.165, 1.54) is 0 Å². The van der Waals surface area contributed by atoms with E-state index in [0.29, 0.717) is 11.3 Å². The lowest BCUT2D eigenvalue weighted by molar-refractivity contribution is -0.117. The van der Waals surface area contributed by atoms with Gasteiger partial charge in [0.1, 0.15) is 4.99 Å². The zero-order chi connectivity index (χ0) is 14.4. The predicted molar refractivity (Wildman–Crippen MR) is 80.1 cm³/mol. The van der Waals surface area contributed by atoms with E-state index in [0.717, 1.165) is 0 Å². The summed E-state index contributed by atoms with van der Waals surface area (Å²) in [7, 11) is 1.78. The molecule has 1 amide bonds. The smallest absolute Gasteiger partial charge is 0.238 e. The Bertz CT molecular complexity index is 465. The molecule has 0 aliphatic carbocycles. The van der Waals surface area contributed by atoms with Crippen LogP contribution in [0, 0.1) is 0 Å². The molecule has 1 atom stereocenters. The van der Waals surface area contributed by atoms with Crippen molar-refractivity contribution in [3.63, 3.8) is 0 Å². The van der Waals surface area contributed by atoms with Gasteiger partial charge in [0.05, 0.1) is 18.8 Å². The van der Waals surface area contributed by atoms with E-state index in [2.05, 4.69) is 5.32 Å². The Morgan fingerprint density at radius 3 is 2.74 bits per heavy atom. The fraction of sp³-hybridized carbons (Fsp3) is 0.385. The molecule has 104 valence electrons. The van der Waals surface area contributed by atoms with Gasteiger partial charge >= 0.3 is 0 Å². The normalized spacial score (nSPS) is 12.2. The van der Waals surface area contributed by atoms with Gasteiger partial charge in [-0.25, -0.2) is 0 Å². The molecule has 0 bridgehead atoms. The number of nitrogens with one attached hydrogen (secondary N) is 1. The number of carbonyl (C=O) groups is 1. The van der Waals surface area contributed by atoms with Gasteiger partial charge in [0.2, 0.25) is 5.91 Å². The fourth-order valence-electron chi connectivity index (χ4n) is 1.52. The minimum absolute atomic E-state index is 0.00720. The molecule has 5 nitrogen and oxygen atoms in total. The van der Waals surface area contributed by atoms with E-state index in [-0.39, 0.29) is 30.1 Å². The number of hydrogen-bond donors (Lipinski definition) is 3. The number of likely N-dealkylation sites (N-methyl/N-ethyl adjacent to an activating group) is 1. The molecule has 0 aromatic heterocycles. The molecule has 0 spiro atoms. The zero-order valence-electron chi connectivity index (χ0n) is 11.1. The summed E-state index contributed by atoms with van der Waals surface area (Å²) in [5.41, 5.74) is 6.84. The number of amides is 1. The quantitative estimate of drug-likeness (QED) is 0.665. The highest BCUT2D eigenvalue weighted by atomic mass is 32.1. The zero-order valence-corrected chi connectivity index (χ0v) is 11.9. The van der Waals surface area contributed by atoms with Crippen LogP contribution in [0.15, 0.2) is 24.3 Å². The maximum absolute atomic E-state index is 11.9. The molecule has 1 aromatic rings. The Kier molecular flexibility index (Phi) is 5.88. The summed E-state index contributed by atoms with van der Waals surface area (Å²) < 4.78 is 0. The number of aliphatic hydroxyl groups excluding tert-OH is 1. The van der Waals surface area contributed by atoms with Gasteiger partial charge in [-0.2, -0.15) is 0 Å². The van der Waals surface area contributed by atoms with Crippen molar-refractivity contribution in [3.05, 3.63) is 29.8 Å². The monoisotopic (exact) mass is 281 g/mol. The van der Waals surface area contributed by atoms with Crippen LogP contribution in [0.4, 0.5) is 5.69 Å². The van der Waals surface area contributed by atoms with E-state index in [1.54, 1.807) is 30.1 Å². The van der Waals surface area contributed by atoms with Crippen molar-refractivity contribution < 1.29 is 9.90 Å². The molecule has 0 aliphatic rings. The fourth-order valence-corrected chi connectivity index (χ4v) is 1.70. The Morgan fingerprint density at radius 2 is 2.16 bits per heavy atom. The summed E-state index contributed by atoms with van der Waals surface area (Å²) in [6.45, 7) is 2.04. The second-order valence-corrected chi connectivity index (χ2v) is 4.84. The van der Waals surface area contributed by atoms with Gasteiger partial charge in [0.15, 0.2) is 0 Å². The molecule has 1 aromatic carbocycles. The third kappa shape index (κ3) is 4.59. The van der Waals surface area contributed by atoms with E-state index < -0.39 is 0 Å². The van der Waals surface area contributed by atoms with Gasteiger partial charge in [-0.3, -0.25) is 9.69 Å². The van der Waals surface area contributed by atoms with Gasteiger partial charge in [0.25, 0.3) is 0 Å². The van der Waals surface area contributed by atoms with Crippen LogP contribution >= 0.6 is 12.2 Å². The summed E-state index contributed by atoms with van der Waals surface area (Å²) in [6.07, 6.45) is 0. The lowest BCUT2D eigenvalue weighted by atomic mass is 10.2. The van der Waals surface area contributed by atoms with Crippen LogP contribution in [0.5, 0.6) is 0 Å². The summed E-state index contributed by atoms with van der Waals surface area (Å²) in [5, 5.41) is 11.8. The minimum Gasteiger partial charge on any atom is -0.395 e. The van der Waals surface area contributed by atoms with Gasteiger partial charge < -0.3 is 16.2 Å². The molecule has 0 radical (unpaired) electrons.